The molecule has 0 radical (unpaired) electrons. The Kier molecular flexibility index (Phi) is 6.69. The molecule has 0 fully saturated rings. The molecule has 1 aromatic heterocycles. The summed E-state index contributed by atoms with van der Waals surface area (Å²) < 4.78 is 12.0. The Morgan fingerprint density at radius 2 is 2.11 bits per heavy atom. The van der Waals surface area contributed by atoms with Gasteiger partial charge in [0.15, 0.2) is 0 Å². The van der Waals surface area contributed by atoms with E-state index in [4.69, 9.17) is 27.4 Å². The van der Waals surface area contributed by atoms with Crippen molar-refractivity contribution < 1.29 is 9.47 Å². The first-order valence-corrected chi connectivity index (χ1v) is 6.55. The van der Waals surface area contributed by atoms with E-state index in [2.05, 4.69) is 0 Å². The average molecular weight is 284 g/mol. The molecule has 19 heavy (non-hydrogen) atoms. The highest BCUT2D eigenvalue weighted by atomic mass is 32.1. The number of rotatable bonds is 8. The monoisotopic (exact) mass is 284 g/mol. The molecule has 0 aromatic carbocycles. The molecule has 0 aliphatic rings. The van der Waals surface area contributed by atoms with Crippen molar-refractivity contribution in [1.29, 1.82) is 0 Å². The molecular weight excluding hydrogens is 264 g/mol. The number of aryl methyl sites for hydroxylation is 1. The molecule has 2 N–H and O–H groups in total. The fourth-order valence-electron chi connectivity index (χ4n) is 1.70. The van der Waals surface area contributed by atoms with Crippen molar-refractivity contribution in [3.05, 3.63) is 33.7 Å². The molecule has 0 aliphatic heterocycles. The van der Waals surface area contributed by atoms with E-state index in [1.54, 1.807) is 17.7 Å². The first kappa shape index (κ1) is 15.8. The van der Waals surface area contributed by atoms with E-state index in [0.717, 1.165) is 12.1 Å². The third-order valence-corrected chi connectivity index (χ3v) is 2.97. The normalized spacial score (nSPS) is 10.6. The van der Waals surface area contributed by atoms with Gasteiger partial charge in [0.05, 0.1) is 12.2 Å². The zero-order chi connectivity index (χ0) is 14.3. The Morgan fingerprint density at radius 1 is 1.37 bits per heavy atom. The van der Waals surface area contributed by atoms with Gasteiger partial charge < -0.3 is 19.8 Å². The summed E-state index contributed by atoms with van der Waals surface area (Å²) in [6, 6.07) is 3.50. The predicted octanol–water partition coefficient (Wildman–Crippen LogP) is 0.844. The minimum Gasteiger partial charge on any atom is -0.389 e. The molecule has 1 heterocycles. The van der Waals surface area contributed by atoms with Crippen molar-refractivity contribution in [2.24, 2.45) is 5.73 Å². The number of nitrogens with two attached hydrogens (primary N) is 1. The Bertz CT molecular complexity index is 485. The van der Waals surface area contributed by atoms with E-state index in [1.807, 2.05) is 13.0 Å². The van der Waals surface area contributed by atoms with E-state index >= 15 is 0 Å². The van der Waals surface area contributed by atoms with Gasteiger partial charge >= 0.3 is 0 Å². The van der Waals surface area contributed by atoms with Gasteiger partial charge in [-0.05, 0) is 25.5 Å². The molecule has 0 aliphatic carbocycles. The van der Waals surface area contributed by atoms with Crippen molar-refractivity contribution in [3.63, 3.8) is 0 Å². The molecule has 0 atom stereocenters. The molecule has 0 spiro atoms. The fraction of sp³-hybridized carbons (Fsp3) is 0.538. The van der Waals surface area contributed by atoms with Crippen LogP contribution in [0.3, 0.4) is 0 Å². The molecule has 1 aromatic rings. The number of nitrogens with zero attached hydrogens (tertiary/aromatic N) is 1. The summed E-state index contributed by atoms with van der Waals surface area (Å²) in [5, 5.41) is 0. The average Bonchev–Trinajstić information content (AvgIpc) is 2.36. The van der Waals surface area contributed by atoms with Crippen LogP contribution < -0.4 is 11.3 Å². The Balaban J connectivity index is 2.60. The highest BCUT2D eigenvalue weighted by molar-refractivity contribution is 7.80. The number of pyridine rings is 1. The molecule has 1 rings (SSSR count). The lowest BCUT2D eigenvalue weighted by Gasteiger charge is -2.11. The largest absolute Gasteiger partial charge is 0.389 e. The van der Waals surface area contributed by atoms with Gasteiger partial charge in [-0.3, -0.25) is 4.79 Å². The Labute approximate surface area is 118 Å². The maximum absolute atomic E-state index is 12.1. The van der Waals surface area contributed by atoms with Gasteiger partial charge in [0, 0.05) is 32.6 Å². The van der Waals surface area contributed by atoms with Crippen LogP contribution in [-0.2, 0) is 16.0 Å². The van der Waals surface area contributed by atoms with Gasteiger partial charge in [-0.15, -0.1) is 0 Å². The number of aromatic nitrogens is 1. The highest BCUT2D eigenvalue weighted by Crippen LogP contribution is 1.99. The van der Waals surface area contributed by atoms with Crippen LogP contribution in [0.2, 0.25) is 0 Å². The van der Waals surface area contributed by atoms with E-state index < -0.39 is 0 Å². The number of ether oxygens (including phenoxy) is 2. The molecule has 0 saturated carbocycles. The number of thiocarbonyl (C=S) groups is 1. The van der Waals surface area contributed by atoms with Crippen molar-refractivity contribution >= 4 is 17.2 Å². The van der Waals surface area contributed by atoms with E-state index in [1.165, 1.54) is 0 Å². The molecule has 0 bridgehead atoms. The predicted molar refractivity (Wildman–Crippen MR) is 78.6 cm³/mol. The molecule has 106 valence electrons. The van der Waals surface area contributed by atoms with Crippen LogP contribution in [0.5, 0.6) is 0 Å². The number of hydrogen-bond acceptors (Lipinski definition) is 4. The van der Waals surface area contributed by atoms with Gasteiger partial charge in [-0.25, -0.2) is 0 Å². The minimum atomic E-state index is -0.159. The molecular formula is C13H20N2O3S. The second-order valence-electron chi connectivity index (χ2n) is 4.17. The molecule has 6 heteroatoms. The van der Waals surface area contributed by atoms with E-state index in [9.17, 15) is 4.79 Å². The van der Waals surface area contributed by atoms with Crippen molar-refractivity contribution in [3.8, 4) is 0 Å². The summed E-state index contributed by atoms with van der Waals surface area (Å²) in [6.45, 7) is 4.14. The quantitative estimate of drug-likeness (QED) is 0.566. The van der Waals surface area contributed by atoms with E-state index in [-0.39, 0.29) is 10.5 Å². The molecule has 5 nitrogen and oxygen atoms in total. The first-order chi connectivity index (χ1) is 9.07. The lowest BCUT2D eigenvalue weighted by molar-refractivity contribution is 0.0970. The van der Waals surface area contributed by atoms with Gasteiger partial charge in [-0.2, -0.15) is 0 Å². The SMILES string of the molecule is COCCCOCCn1c(C)ccc(C(N)=S)c1=O. The summed E-state index contributed by atoms with van der Waals surface area (Å²) in [5.74, 6) is 0. The Morgan fingerprint density at radius 3 is 2.74 bits per heavy atom. The summed E-state index contributed by atoms with van der Waals surface area (Å²) in [5.41, 5.74) is 6.60. The summed E-state index contributed by atoms with van der Waals surface area (Å²) >= 11 is 4.85. The van der Waals surface area contributed by atoms with Crippen LogP contribution in [0, 0.1) is 6.92 Å². The summed E-state index contributed by atoms with van der Waals surface area (Å²) in [6.07, 6.45) is 0.845. The molecule has 0 unspecified atom stereocenters. The first-order valence-electron chi connectivity index (χ1n) is 6.15. The maximum Gasteiger partial charge on any atom is 0.261 e. The summed E-state index contributed by atoms with van der Waals surface area (Å²) in [7, 11) is 1.66. The van der Waals surface area contributed by atoms with Gasteiger partial charge in [0.2, 0.25) is 0 Å². The maximum atomic E-state index is 12.1. The topological polar surface area (TPSA) is 66.5 Å². The summed E-state index contributed by atoms with van der Waals surface area (Å²) in [4.78, 5) is 12.2. The number of hydrogen-bond donors (Lipinski definition) is 1. The smallest absolute Gasteiger partial charge is 0.261 e. The lowest BCUT2D eigenvalue weighted by Crippen LogP contribution is -2.31. The van der Waals surface area contributed by atoms with Crippen LogP contribution >= 0.6 is 12.2 Å². The standard InChI is InChI=1S/C13H20N2O3S/c1-10-4-5-11(12(14)19)13(16)15(10)6-9-18-8-3-7-17-2/h4-5H,3,6-9H2,1-2H3,(H2,14,19). The van der Waals surface area contributed by atoms with Gasteiger partial charge in [0.25, 0.3) is 5.56 Å². The van der Waals surface area contributed by atoms with E-state index in [0.29, 0.717) is 31.9 Å². The Hall–Kier alpha value is -1.24. The second kappa shape index (κ2) is 8.04. The minimum absolute atomic E-state index is 0.125. The highest BCUT2D eigenvalue weighted by Gasteiger charge is 2.08. The van der Waals surface area contributed by atoms with Crippen LogP contribution in [-0.4, -0.2) is 36.5 Å². The van der Waals surface area contributed by atoms with Crippen LogP contribution in [0.1, 0.15) is 17.7 Å². The molecule has 0 saturated heterocycles. The van der Waals surface area contributed by atoms with Crippen molar-refractivity contribution in [2.45, 2.75) is 19.9 Å². The number of methoxy groups -OCH3 is 1. The van der Waals surface area contributed by atoms with Crippen molar-refractivity contribution in [2.75, 3.05) is 26.9 Å². The zero-order valence-corrected chi connectivity index (χ0v) is 12.2. The zero-order valence-electron chi connectivity index (χ0n) is 11.3. The van der Waals surface area contributed by atoms with Crippen molar-refractivity contribution in [1.82, 2.24) is 4.57 Å². The molecule has 0 amide bonds. The van der Waals surface area contributed by atoms with Crippen LogP contribution in [0.15, 0.2) is 16.9 Å². The lowest BCUT2D eigenvalue weighted by atomic mass is 10.2. The fourth-order valence-corrected chi connectivity index (χ4v) is 1.85. The van der Waals surface area contributed by atoms with Gasteiger partial charge in [-0.1, -0.05) is 12.2 Å². The van der Waals surface area contributed by atoms with Crippen LogP contribution in [0.25, 0.3) is 0 Å². The van der Waals surface area contributed by atoms with Crippen LogP contribution in [0.4, 0.5) is 0 Å². The third kappa shape index (κ3) is 4.74. The second-order valence-corrected chi connectivity index (χ2v) is 4.61. The van der Waals surface area contributed by atoms with Gasteiger partial charge in [0.1, 0.15) is 4.99 Å². The third-order valence-electron chi connectivity index (χ3n) is 2.75.